The standard InChI is InChI=1S/C20H18O6/c1-23-17-9-5-7-15(13-21)19(17)25-11-3-4-12-26-20-16(14-22)8-6-10-18(20)24-2/h5-10,13-14H,11-12H2,1-2H3. The number of methoxy groups -OCH3 is 2. The van der Waals surface area contributed by atoms with Gasteiger partial charge in [-0.2, -0.15) is 0 Å². The van der Waals surface area contributed by atoms with E-state index in [0.29, 0.717) is 46.7 Å². The highest BCUT2D eigenvalue weighted by atomic mass is 16.5. The Bertz CT molecular complexity index is 764. The van der Waals surface area contributed by atoms with Crippen LogP contribution < -0.4 is 18.9 Å². The molecule has 0 aliphatic rings. The van der Waals surface area contributed by atoms with Gasteiger partial charge in [-0.1, -0.05) is 24.0 Å². The maximum Gasteiger partial charge on any atom is 0.173 e. The Morgan fingerprint density at radius 1 is 0.769 bits per heavy atom. The summed E-state index contributed by atoms with van der Waals surface area (Å²) in [5.41, 5.74) is 0.763. The molecule has 0 saturated carbocycles. The van der Waals surface area contributed by atoms with Crippen molar-refractivity contribution in [1.82, 2.24) is 0 Å². The van der Waals surface area contributed by atoms with Crippen LogP contribution in [0.5, 0.6) is 23.0 Å². The molecule has 2 aromatic carbocycles. The van der Waals surface area contributed by atoms with Gasteiger partial charge in [0.05, 0.1) is 25.3 Å². The molecule has 0 atom stereocenters. The van der Waals surface area contributed by atoms with Gasteiger partial charge >= 0.3 is 0 Å². The second-order valence-electron chi connectivity index (χ2n) is 4.92. The van der Waals surface area contributed by atoms with Gasteiger partial charge in [0, 0.05) is 0 Å². The molecule has 0 aliphatic carbocycles. The first-order valence-electron chi connectivity index (χ1n) is 7.70. The number of carbonyl (C=O) groups is 2. The van der Waals surface area contributed by atoms with Crippen LogP contribution in [0.2, 0.25) is 0 Å². The van der Waals surface area contributed by atoms with E-state index in [4.69, 9.17) is 18.9 Å². The maximum atomic E-state index is 11.1. The molecule has 0 spiro atoms. The molecule has 0 heterocycles. The largest absolute Gasteiger partial charge is 0.493 e. The van der Waals surface area contributed by atoms with Gasteiger partial charge in [0.15, 0.2) is 35.6 Å². The first-order valence-corrected chi connectivity index (χ1v) is 7.70. The van der Waals surface area contributed by atoms with E-state index in [9.17, 15) is 9.59 Å². The van der Waals surface area contributed by atoms with E-state index >= 15 is 0 Å². The van der Waals surface area contributed by atoms with E-state index in [0.717, 1.165) is 0 Å². The lowest BCUT2D eigenvalue weighted by Crippen LogP contribution is -2.02. The highest BCUT2D eigenvalue weighted by Crippen LogP contribution is 2.30. The quantitative estimate of drug-likeness (QED) is 0.536. The first-order chi connectivity index (χ1) is 12.7. The fraction of sp³-hybridized carbons (Fsp3) is 0.200. The zero-order chi connectivity index (χ0) is 18.8. The van der Waals surface area contributed by atoms with Gasteiger partial charge < -0.3 is 18.9 Å². The summed E-state index contributed by atoms with van der Waals surface area (Å²) in [5.74, 6) is 7.16. The fourth-order valence-electron chi connectivity index (χ4n) is 2.20. The van der Waals surface area contributed by atoms with E-state index in [1.807, 2.05) is 0 Å². The Morgan fingerprint density at radius 2 is 1.19 bits per heavy atom. The number of rotatable bonds is 8. The van der Waals surface area contributed by atoms with E-state index < -0.39 is 0 Å². The highest BCUT2D eigenvalue weighted by Gasteiger charge is 2.10. The zero-order valence-electron chi connectivity index (χ0n) is 14.5. The fourth-order valence-corrected chi connectivity index (χ4v) is 2.20. The van der Waals surface area contributed by atoms with Crippen LogP contribution in [0, 0.1) is 11.8 Å². The van der Waals surface area contributed by atoms with Crippen LogP contribution in [0.3, 0.4) is 0 Å². The van der Waals surface area contributed by atoms with E-state index in [1.165, 1.54) is 14.2 Å². The summed E-state index contributed by atoms with van der Waals surface area (Å²) in [6.45, 7) is 0.105. The van der Waals surface area contributed by atoms with Gasteiger partial charge in [0.2, 0.25) is 0 Å². The Balaban J connectivity index is 1.97. The van der Waals surface area contributed by atoms with Crippen molar-refractivity contribution in [3.63, 3.8) is 0 Å². The summed E-state index contributed by atoms with van der Waals surface area (Å²) in [4.78, 5) is 22.2. The number of hydrogen-bond acceptors (Lipinski definition) is 6. The van der Waals surface area contributed by atoms with Crippen molar-refractivity contribution >= 4 is 12.6 Å². The summed E-state index contributed by atoms with van der Waals surface area (Å²) >= 11 is 0. The van der Waals surface area contributed by atoms with Gasteiger partial charge in [-0.25, -0.2) is 0 Å². The van der Waals surface area contributed by atoms with Gasteiger partial charge in [-0.15, -0.1) is 0 Å². The molecule has 2 aromatic rings. The van der Waals surface area contributed by atoms with Crippen molar-refractivity contribution in [2.75, 3.05) is 27.4 Å². The lowest BCUT2D eigenvalue weighted by molar-refractivity contribution is 0.111. The summed E-state index contributed by atoms with van der Waals surface area (Å²) in [6.07, 6.45) is 1.38. The maximum absolute atomic E-state index is 11.1. The van der Waals surface area contributed by atoms with Crippen LogP contribution in [-0.2, 0) is 0 Å². The molecular weight excluding hydrogens is 336 g/mol. The average molecular weight is 354 g/mol. The van der Waals surface area contributed by atoms with Crippen molar-refractivity contribution in [3.05, 3.63) is 47.5 Å². The molecule has 26 heavy (non-hydrogen) atoms. The number of hydrogen-bond donors (Lipinski definition) is 0. The van der Waals surface area contributed by atoms with Crippen molar-refractivity contribution in [3.8, 4) is 34.8 Å². The number of benzene rings is 2. The minimum absolute atomic E-state index is 0.0526. The number of ether oxygens (including phenoxy) is 4. The molecule has 0 aliphatic heterocycles. The molecule has 0 saturated heterocycles. The van der Waals surface area contributed by atoms with Crippen LogP contribution in [0.25, 0.3) is 0 Å². The molecule has 0 fully saturated rings. The lowest BCUT2D eigenvalue weighted by Gasteiger charge is -2.10. The Labute approximate surface area is 151 Å². The van der Waals surface area contributed by atoms with Crippen LogP contribution in [0.15, 0.2) is 36.4 Å². The SMILES string of the molecule is COc1cccc(C=O)c1OCC#CCOc1c(C=O)cccc1OC. The molecule has 134 valence electrons. The third-order valence-corrected chi connectivity index (χ3v) is 3.41. The normalized spacial score (nSPS) is 9.46. The van der Waals surface area contributed by atoms with Crippen LogP contribution in [-0.4, -0.2) is 40.0 Å². The van der Waals surface area contributed by atoms with Crippen molar-refractivity contribution < 1.29 is 28.5 Å². The summed E-state index contributed by atoms with van der Waals surface area (Å²) in [7, 11) is 2.99. The van der Waals surface area contributed by atoms with Crippen LogP contribution in [0.4, 0.5) is 0 Å². The minimum atomic E-state index is 0.0526. The molecule has 0 N–H and O–H groups in total. The second-order valence-corrected chi connectivity index (χ2v) is 4.92. The van der Waals surface area contributed by atoms with Crippen molar-refractivity contribution in [2.24, 2.45) is 0 Å². The van der Waals surface area contributed by atoms with E-state index in [-0.39, 0.29) is 13.2 Å². The van der Waals surface area contributed by atoms with Crippen LogP contribution >= 0.6 is 0 Å². The second kappa shape index (κ2) is 9.74. The summed E-state index contributed by atoms with van der Waals surface area (Å²) < 4.78 is 21.4. The molecule has 6 heteroatoms. The Hall–Kier alpha value is -3.46. The van der Waals surface area contributed by atoms with Gasteiger partial charge in [0.25, 0.3) is 0 Å². The predicted molar refractivity (Wildman–Crippen MR) is 95.5 cm³/mol. The van der Waals surface area contributed by atoms with Gasteiger partial charge in [-0.05, 0) is 24.3 Å². The van der Waals surface area contributed by atoms with Gasteiger partial charge in [-0.3, -0.25) is 9.59 Å². The molecular formula is C20H18O6. The molecule has 2 rings (SSSR count). The van der Waals surface area contributed by atoms with Crippen molar-refractivity contribution in [2.45, 2.75) is 0 Å². The summed E-state index contributed by atoms with van der Waals surface area (Å²) in [5, 5.41) is 0. The number of carbonyl (C=O) groups excluding carboxylic acids is 2. The molecule has 0 unspecified atom stereocenters. The number of para-hydroxylation sites is 2. The van der Waals surface area contributed by atoms with Gasteiger partial charge in [0.1, 0.15) is 13.2 Å². The molecule has 0 bridgehead atoms. The lowest BCUT2D eigenvalue weighted by atomic mass is 10.2. The van der Waals surface area contributed by atoms with E-state index in [2.05, 4.69) is 11.8 Å². The molecule has 0 radical (unpaired) electrons. The average Bonchev–Trinajstić information content (AvgIpc) is 2.70. The minimum Gasteiger partial charge on any atom is -0.493 e. The monoisotopic (exact) mass is 354 g/mol. The Kier molecular flexibility index (Phi) is 7.07. The zero-order valence-corrected chi connectivity index (χ0v) is 14.5. The predicted octanol–water partition coefficient (Wildman–Crippen LogP) is 2.79. The Morgan fingerprint density at radius 3 is 1.54 bits per heavy atom. The molecule has 0 amide bonds. The first kappa shape index (κ1) is 18.9. The smallest absolute Gasteiger partial charge is 0.173 e. The topological polar surface area (TPSA) is 71.1 Å². The third-order valence-electron chi connectivity index (χ3n) is 3.41. The molecule has 6 nitrogen and oxygen atoms in total. The molecule has 0 aromatic heterocycles. The number of aldehydes is 2. The highest BCUT2D eigenvalue weighted by molar-refractivity contribution is 5.81. The summed E-state index contributed by atoms with van der Waals surface area (Å²) in [6, 6.07) is 10.1. The van der Waals surface area contributed by atoms with Crippen molar-refractivity contribution in [1.29, 1.82) is 0 Å². The van der Waals surface area contributed by atoms with Crippen LogP contribution in [0.1, 0.15) is 20.7 Å². The van der Waals surface area contributed by atoms with E-state index in [1.54, 1.807) is 36.4 Å². The third kappa shape index (κ3) is 4.54.